The Morgan fingerprint density at radius 2 is 1.73 bits per heavy atom. The van der Waals surface area contributed by atoms with E-state index in [4.69, 9.17) is 5.73 Å². The minimum Gasteiger partial charge on any atom is -0.324 e. The van der Waals surface area contributed by atoms with Gasteiger partial charge in [-0.05, 0) is 55.9 Å². The third-order valence-electron chi connectivity index (χ3n) is 2.74. The molecule has 1 aromatic rings. The van der Waals surface area contributed by atoms with Crippen LogP contribution in [0.4, 0.5) is 0 Å². The summed E-state index contributed by atoms with van der Waals surface area (Å²) in [4.78, 5) is 0. The lowest BCUT2D eigenvalue weighted by Crippen LogP contribution is -2.14. The molecule has 1 nitrogen and oxygen atoms in total. The minimum absolute atomic E-state index is 0.193. The predicted molar refractivity (Wildman–Crippen MR) is 70.6 cm³/mol. The molecule has 0 bridgehead atoms. The van der Waals surface area contributed by atoms with Crippen molar-refractivity contribution in [2.45, 2.75) is 33.2 Å². The van der Waals surface area contributed by atoms with Crippen LogP contribution >= 0.6 is 11.8 Å². The summed E-state index contributed by atoms with van der Waals surface area (Å²) in [6, 6.07) is 4.64. The Labute approximate surface area is 97.4 Å². The average Bonchev–Trinajstić information content (AvgIpc) is 2.12. The highest BCUT2D eigenvalue weighted by atomic mass is 32.2. The van der Waals surface area contributed by atoms with E-state index in [2.05, 4.69) is 39.2 Å². The maximum absolute atomic E-state index is 6.22. The van der Waals surface area contributed by atoms with Gasteiger partial charge in [-0.15, -0.1) is 0 Å². The van der Waals surface area contributed by atoms with Crippen molar-refractivity contribution in [3.63, 3.8) is 0 Å². The highest BCUT2D eigenvalue weighted by Crippen LogP contribution is 2.24. The summed E-state index contributed by atoms with van der Waals surface area (Å²) in [5.74, 6) is 1.13. The lowest BCUT2D eigenvalue weighted by molar-refractivity contribution is 0.695. The van der Waals surface area contributed by atoms with Gasteiger partial charge < -0.3 is 5.73 Å². The van der Waals surface area contributed by atoms with Crippen molar-refractivity contribution in [2.24, 2.45) is 5.73 Å². The summed E-state index contributed by atoms with van der Waals surface area (Å²) < 4.78 is 0. The lowest BCUT2D eigenvalue weighted by Gasteiger charge is -2.18. The molecule has 0 aliphatic heterocycles. The maximum atomic E-state index is 6.22. The zero-order valence-electron chi connectivity index (χ0n) is 10.1. The Bertz CT molecular complexity index is 310. The number of hydrogen-bond donors (Lipinski definition) is 1. The number of rotatable bonds is 4. The van der Waals surface area contributed by atoms with Gasteiger partial charge in [0.05, 0.1) is 0 Å². The van der Waals surface area contributed by atoms with Gasteiger partial charge in [-0.3, -0.25) is 0 Å². The second-order valence-corrected chi connectivity index (χ2v) is 5.19. The molecule has 1 aromatic carbocycles. The number of hydrogen-bond acceptors (Lipinski definition) is 2. The maximum Gasteiger partial charge on any atom is 0.0308 e. The van der Waals surface area contributed by atoms with Crippen LogP contribution in [-0.4, -0.2) is 12.0 Å². The zero-order chi connectivity index (χ0) is 11.4. The first-order valence-corrected chi connectivity index (χ1v) is 6.78. The van der Waals surface area contributed by atoms with E-state index in [0.717, 1.165) is 12.2 Å². The van der Waals surface area contributed by atoms with Crippen LogP contribution < -0.4 is 5.73 Å². The van der Waals surface area contributed by atoms with Gasteiger partial charge in [-0.25, -0.2) is 0 Å². The topological polar surface area (TPSA) is 26.0 Å². The molecule has 2 N–H and O–H groups in total. The highest BCUT2D eigenvalue weighted by molar-refractivity contribution is 7.98. The number of nitrogens with two attached hydrogens (primary N) is 1. The van der Waals surface area contributed by atoms with Crippen LogP contribution in [0.3, 0.4) is 0 Å². The summed E-state index contributed by atoms with van der Waals surface area (Å²) >= 11 is 1.86. The molecule has 1 unspecified atom stereocenters. The van der Waals surface area contributed by atoms with E-state index in [0.29, 0.717) is 0 Å². The third kappa shape index (κ3) is 3.25. The van der Waals surface area contributed by atoms with Crippen molar-refractivity contribution in [2.75, 3.05) is 12.0 Å². The van der Waals surface area contributed by atoms with Crippen molar-refractivity contribution in [1.82, 2.24) is 0 Å². The molecule has 0 aliphatic rings. The second-order valence-electron chi connectivity index (χ2n) is 4.20. The highest BCUT2D eigenvalue weighted by Gasteiger charge is 2.11. The van der Waals surface area contributed by atoms with Gasteiger partial charge in [0.15, 0.2) is 0 Å². The molecule has 2 heteroatoms. The van der Waals surface area contributed by atoms with E-state index >= 15 is 0 Å². The molecule has 0 amide bonds. The number of benzene rings is 1. The summed E-state index contributed by atoms with van der Waals surface area (Å²) in [6.07, 6.45) is 3.19. The molecular weight excluding hydrogens is 202 g/mol. The van der Waals surface area contributed by atoms with Gasteiger partial charge in [0.25, 0.3) is 0 Å². The van der Waals surface area contributed by atoms with Gasteiger partial charge >= 0.3 is 0 Å². The molecule has 0 fully saturated rings. The Morgan fingerprint density at radius 3 is 2.20 bits per heavy atom. The van der Waals surface area contributed by atoms with Crippen LogP contribution in [0.1, 0.15) is 34.7 Å². The summed E-state index contributed by atoms with van der Waals surface area (Å²) in [6.45, 7) is 6.46. The largest absolute Gasteiger partial charge is 0.324 e. The van der Waals surface area contributed by atoms with Crippen molar-refractivity contribution in [1.29, 1.82) is 0 Å². The summed E-state index contributed by atoms with van der Waals surface area (Å²) in [5, 5.41) is 0. The fourth-order valence-corrected chi connectivity index (χ4v) is 2.65. The Balaban J connectivity index is 2.92. The quantitative estimate of drug-likeness (QED) is 0.847. The molecule has 1 rings (SSSR count). The van der Waals surface area contributed by atoms with E-state index < -0.39 is 0 Å². The van der Waals surface area contributed by atoms with E-state index in [1.807, 2.05) is 11.8 Å². The first-order valence-electron chi connectivity index (χ1n) is 5.38. The van der Waals surface area contributed by atoms with Crippen molar-refractivity contribution >= 4 is 11.8 Å². The van der Waals surface area contributed by atoms with Gasteiger partial charge in [0, 0.05) is 6.04 Å². The minimum atomic E-state index is 0.193. The van der Waals surface area contributed by atoms with Gasteiger partial charge in [0.2, 0.25) is 0 Å². The van der Waals surface area contributed by atoms with Gasteiger partial charge in [0.1, 0.15) is 0 Å². The molecule has 0 spiro atoms. The molecule has 0 saturated heterocycles. The third-order valence-corrected chi connectivity index (χ3v) is 3.39. The van der Waals surface area contributed by atoms with Crippen molar-refractivity contribution in [3.8, 4) is 0 Å². The lowest BCUT2D eigenvalue weighted by atomic mass is 9.93. The Morgan fingerprint density at radius 1 is 1.20 bits per heavy atom. The number of thioether (sulfide) groups is 1. The molecule has 15 heavy (non-hydrogen) atoms. The predicted octanol–water partition coefficient (Wildman–Crippen LogP) is 3.36. The van der Waals surface area contributed by atoms with Crippen LogP contribution in [0.15, 0.2) is 12.1 Å². The van der Waals surface area contributed by atoms with Crippen LogP contribution in [0.2, 0.25) is 0 Å². The van der Waals surface area contributed by atoms with Gasteiger partial charge in [-0.2, -0.15) is 11.8 Å². The van der Waals surface area contributed by atoms with E-state index in [9.17, 15) is 0 Å². The van der Waals surface area contributed by atoms with Crippen LogP contribution in [0, 0.1) is 20.8 Å². The molecule has 0 heterocycles. The monoisotopic (exact) mass is 223 g/mol. The first-order chi connectivity index (χ1) is 7.06. The molecule has 84 valence electrons. The molecule has 0 saturated carbocycles. The van der Waals surface area contributed by atoms with Gasteiger partial charge in [-0.1, -0.05) is 17.7 Å². The Kier molecular flexibility index (Phi) is 4.68. The second kappa shape index (κ2) is 5.57. The molecule has 0 radical (unpaired) electrons. The number of aryl methyl sites for hydroxylation is 3. The average molecular weight is 223 g/mol. The smallest absolute Gasteiger partial charge is 0.0308 e. The van der Waals surface area contributed by atoms with Crippen LogP contribution in [0.5, 0.6) is 0 Å². The molecule has 0 aromatic heterocycles. The Hall–Kier alpha value is -0.470. The van der Waals surface area contributed by atoms with E-state index in [1.54, 1.807) is 0 Å². The van der Waals surface area contributed by atoms with Crippen LogP contribution in [-0.2, 0) is 0 Å². The summed E-state index contributed by atoms with van der Waals surface area (Å²) in [5.41, 5.74) is 11.6. The van der Waals surface area contributed by atoms with Crippen molar-refractivity contribution < 1.29 is 0 Å². The standard InChI is InChI=1S/C13H21NS/c1-9-7-10(2)13(11(3)8-9)12(14)5-6-15-4/h7-8,12H,5-6,14H2,1-4H3. The van der Waals surface area contributed by atoms with Crippen LogP contribution in [0.25, 0.3) is 0 Å². The molecule has 0 aliphatic carbocycles. The normalized spacial score (nSPS) is 12.9. The van der Waals surface area contributed by atoms with E-state index in [1.165, 1.54) is 22.3 Å². The van der Waals surface area contributed by atoms with Crippen molar-refractivity contribution in [3.05, 3.63) is 34.4 Å². The molecule has 1 atom stereocenters. The fourth-order valence-electron chi connectivity index (χ4n) is 2.17. The van der Waals surface area contributed by atoms with E-state index in [-0.39, 0.29) is 6.04 Å². The first kappa shape index (κ1) is 12.6. The zero-order valence-corrected chi connectivity index (χ0v) is 10.9. The fraction of sp³-hybridized carbons (Fsp3) is 0.538. The molecular formula is C13H21NS. The summed E-state index contributed by atoms with van der Waals surface area (Å²) in [7, 11) is 0. The SMILES string of the molecule is CSCCC(N)c1c(C)cc(C)cc1C.